The van der Waals surface area contributed by atoms with Crippen molar-refractivity contribution >= 4 is 23.2 Å². The first-order valence-electron chi connectivity index (χ1n) is 7.11. The lowest BCUT2D eigenvalue weighted by atomic mass is 10.2. The summed E-state index contributed by atoms with van der Waals surface area (Å²) in [5.41, 5.74) is 1.05. The van der Waals surface area contributed by atoms with Crippen molar-refractivity contribution in [3.8, 4) is 11.5 Å². The second-order valence-corrected chi connectivity index (χ2v) is 4.87. The fourth-order valence-corrected chi connectivity index (χ4v) is 2.19. The molecule has 0 saturated carbocycles. The highest BCUT2D eigenvalue weighted by molar-refractivity contribution is 6.34. The van der Waals surface area contributed by atoms with E-state index in [0.717, 1.165) is 0 Å². The lowest BCUT2D eigenvalue weighted by molar-refractivity contribution is 0.102. The zero-order valence-electron chi connectivity index (χ0n) is 12.6. The number of amides is 1. The Morgan fingerprint density at radius 1 is 1.05 bits per heavy atom. The van der Waals surface area contributed by atoms with E-state index in [1.807, 2.05) is 13.8 Å². The molecular formula is C17H18ClNO3. The third kappa shape index (κ3) is 3.92. The molecule has 2 aromatic rings. The lowest BCUT2D eigenvalue weighted by Gasteiger charge is -2.13. The van der Waals surface area contributed by atoms with Gasteiger partial charge in [0.25, 0.3) is 5.91 Å². The topological polar surface area (TPSA) is 47.6 Å². The molecule has 2 aromatic carbocycles. The number of ether oxygens (including phenoxy) is 2. The molecule has 0 bridgehead atoms. The fraction of sp³-hybridized carbons (Fsp3) is 0.235. The summed E-state index contributed by atoms with van der Waals surface area (Å²) < 4.78 is 11.0. The first kappa shape index (κ1) is 16.2. The standard InChI is InChI=1S/C17H18ClNO3/c1-3-21-15-10-9-12(11-16(15)22-4-2)19-17(20)13-7-5-6-8-14(13)18/h5-11H,3-4H2,1-2H3,(H,19,20). The van der Waals surface area contributed by atoms with Crippen LogP contribution < -0.4 is 14.8 Å². The van der Waals surface area contributed by atoms with Crippen LogP contribution in [0.5, 0.6) is 11.5 Å². The van der Waals surface area contributed by atoms with Crippen molar-refractivity contribution in [3.63, 3.8) is 0 Å². The zero-order valence-corrected chi connectivity index (χ0v) is 13.3. The molecule has 0 aliphatic heterocycles. The summed E-state index contributed by atoms with van der Waals surface area (Å²) in [6, 6.07) is 12.2. The summed E-state index contributed by atoms with van der Waals surface area (Å²) in [7, 11) is 0. The second-order valence-electron chi connectivity index (χ2n) is 4.46. The van der Waals surface area contributed by atoms with Gasteiger partial charge in [0.2, 0.25) is 0 Å². The summed E-state index contributed by atoms with van der Waals surface area (Å²) in [4.78, 5) is 12.2. The van der Waals surface area contributed by atoms with Gasteiger partial charge in [-0.3, -0.25) is 4.79 Å². The van der Waals surface area contributed by atoms with Gasteiger partial charge in [-0.2, -0.15) is 0 Å². The van der Waals surface area contributed by atoms with Crippen molar-refractivity contribution in [3.05, 3.63) is 53.1 Å². The third-order valence-corrected chi connectivity index (χ3v) is 3.25. The van der Waals surface area contributed by atoms with Crippen molar-refractivity contribution in [2.75, 3.05) is 18.5 Å². The van der Waals surface area contributed by atoms with Gasteiger partial charge in [-0.25, -0.2) is 0 Å². The van der Waals surface area contributed by atoms with Crippen LogP contribution in [0.15, 0.2) is 42.5 Å². The molecule has 0 spiro atoms. The van der Waals surface area contributed by atoms with Crippen molar-refractivity contribution in [2.45, 2.75) is 13.8 Å². The molecule has 5 heteroatoms. The van der Waals surface area contributed by atoms with Crippen molar-refractivity contribution in [1.29, 1.82) is 0 Å². The Bertz CT molecular complexity index is 658. The van der Waals surface area contributed by atoms with Crippen LogP contribution in [0, 0.1) is 0 Å². The first-order chi connectivity index (χ1) is 10.7. The highest BCUT2D eigenvalue weighted by atomic mass is 35.5. The monoisotopic (exact) mass is 319 g/mol. The van der Waals surface area contributed by atoms with Crippen LogP contribution in [-0.2, 0) is 0 Å². The Kier molecular flexibility index (Phi) is 5.67. The minimum absolute atomic E-state index is 0.266. The third-order valence-electron chi connectivity index (χ3n) is 2.92. The molecule has 0 fully saturated rings. The fourth-order valence-electron chi connectivity index (χ4n) is 1.97. The maximum atomic E-state index is 12.2. The summed E-state index contributed by atoms with van der Waals surface area (Å²) in [5, 5.41) is 3.22. The Balaban J connectivity index is 2.21. The number of carbonyl (C=O) groups excluding carboxylic acids is 1. The summed E-state index contributed by atoms with van der Waals surface area (Å²) in [5.74, 6) is 0.985. The van der Waals surface area contributed by atoms with E-state index in [-0.39, 0.29) is 5.91 Å². The molecule has 2 rings (SSSR count). The van der Waals surface area contributed by atoms with Crippen LogP contribution in [-0.4, -0.2) is 19.1 Å². The van der Waals surface area contributed by atoms with E-state index >= 15 is 0 Å². The largest absolute Gasteiger partial charge is 0.490 e. The number of anilines is 1. The molecule has 0 heterocycles. The van der Waals surface area contributed by atoms with Crippen LogP contribution in [0.4, 0.5) is 5.69 Å². The number of benzene rings is 2. The molecule has 116 valence electrons. The summed E-state index contributed by atoms with van der Waals surface area (Å²) in [6.45, 7) is 4.86. The van der Waals surface area contributed by atoms with Crippen molar-refractivity contribution < 1.29 is 14.3 Å². The maximum Gasteiger partial charge on any atom is 0.257 e. The minimum Gasteiger partial charge on any atom is -0.490 e. The number of halogens is 1. The van der Waals surface area contributed by atoms with Crippen LogP contribution >= 0.6 is 11.6 Å². The van der Waals surface area contributed by atoms with Crippen molar-refractivity contribution in [1.82, 2.24) is 0 Å². The van der Waals surface area contributed by atoms with Crippen molar-refractivity contribution in [2.24, 2.45) is 0 Å². The van der Waals surface area contributed by atoms with Gasteiger partial charge in [0, 0.05) is 11.8 Å². The Hall–Kier alpha value is -2.20. The normalized spacial score (nSPS) is 10.1. The maximum absolute atomic E-state index is 12.2. The minimum atomic E-state index is -0.266. The second kappa shape index (κ2) is 7.71. The van der Waals surface area contributed by atoms with Gasteiger partial charge in [-0.05, 0) is 38.1 Å². The van der Waals surface area contributed by atoms with Gasteiger partial charge in [-0.1, -0.05) is 23.7 Å². The number of hydrogen-bond donors (Lipinski definition) is 1. The lowest BCUT2D eigenvalue weighted by Crippen LogP contribution is -2.12. The van der Waals surface area contributed by atoms with E-state index in [1.165, 1.54) is 0 Å². The van der Waals surface area contributed by atoms with E-state index in [1.54, 1.807) is 42.5 Å². The van der Waals surface area contributed by atoms with Crippen LogP contribution in [0.1, 0.15) is 24.2 Å². The average Bonchev–Trinajstić information content (AvgIpc) is 2.50. The van der Waals surface area contributed by atoms with Gasteiger partial charge in [0.05, 0.1) is 23.8 Å². The van der Waals surface area contributed by atoms with E-state index < -0.39 is 0 Å². The SMILES string of the molecule is CCOc1ccc(NC(=O)c2ccccc2Cl)cc1OCC. The highest BCUT2D eigenvalue weighted by Crippen LogP contribution is 2.31. The number of carbonyl (C=O) groups is 1. The summed E-state index contributed by atoms with van der Waals surface area (Å²) in [6.07, 6.45) is 0. The van der Waals surface area contributed by atoms with Crippen LogP contribution in [0.2, 0.25) is 5.02 Å². The molecule has 0 saturated heterocycles. The number of nitrogens with one attached hydrogen (secondary N) is 1. The van der Waals surface area contributed by atoms with E-state index in [9.17, 15) is 4.79 Å². The smallest absolute Gasteiger partial charge is 0.257 e. The van der Waals surface area contributed by atoms with E-state index in [0.29, 0.717) is 41.0 Å². The number of hydrogen-bond acceptors (Lipinski definition) is 3. The predicted octanol–water partition coefficient (Wildman–Crippen LogP) is 4.39. The van der Waals surface area contributed by atoms with Gasteiger partial charge in [0.1, 0.15) is 0 Å². The van der Waals surface area contributed by atoms with Gasteiger partial charge in [0.15, 0.2) is 11.5 Å². The molecule has 1 N–H and O–H groups in total. The molecule has 0 aliphatic carbocycles. The molecular weight excluding hydrogens is 302 g/mol. The molecule has 0 radical (unpaired) electrons. The van der Waals surface area contributed by atoms with Crippen LogP contribution in [0.25, 0.3) is 0 Å². The van der Waals surface area contributed by atoms with E-state index in [4.69, 9.17) is 21.1 Å². The summed E-state index contributed by atoms with van der Waals surface area (Å²) >= 11 is 6.03. The predicted molar refractivity (Wildman–Crippen MR) is 88.2 cm³/mol. The van der Waals surface area contributed by atoms with E-state index in [2.05, 4.69) is 5.32 Å². The molecule has 1 amide bonds. The Morgan fingerprint density at radius 3 is 2.41 bits per heavy atom. The molecule has 0 unspecified atom stereocenters. The van der Waals surface area contributed by atoms with Gasteiger partial charge in [-0.15, -0.1) is 0 Å². The van der Waals surface area contributed by atoms with Gasteiger partial charge >= 0.3 is 0 Å². The average molecular weight is 320 g/mol. The molecule has 0 atom stereocenters. The number of rotatable bonds is 6. The Morgan fingerprint density at radius 2 is 1.73 bits per heavy atom. The molecule has 0 aromatic heterocycles. The molecule has 4 nitrogen and oxygen atoms in total. The quantitative estimate of drug-likeness (QED) is 0.859. The van der Waals surface area contributed by atoms with Gasteiger partial charge < -0.3 is 14.8 Å². The zero-order chi connectivity index (χ0) is 15.9. The molecule has 0 aliphatic rings. The molecule has 22 heavy (non-hydrogen) atoms. The highest BCUT2D eigenvalue weighted by Gasteiger charge is 2.12. The first-order valence-corrected chi connectivity index (χ1v) is 7.49. The van der Waals surface area contributed by atoms with Crippen LogP contribution in [0.3, 0.4) is 0 Å². The Labute approximate surface area is 135 Å².